The third-order valence-electron chi connectivity index (χ3n) is 3.09. The average molecular weight is 251 g/mol. The summed E-state index contributed by atoms with van der Waals surface area (Å²) in [6, 6.07) is -0.215. The molecule has 0 spiro atoms. The Balaban J connectivity index is 1.88. The molecule has 0 aromatic carbocycles. The lowest BCUT2D eigenvalue weighted by molar-refractivity contribution is -0.123. The molecule has 0 unspecified atom stereocenters. The summed E-state index contributed by atoms with van der Waals surface area (Å²) < 4.78 is 1.76. The molecule has 2 N–H and O–H groups in total. The highest BCUT2D eigenvalue weighted by molar-refractivity contribution is 5.85. The Morgan fingerprint density at radius 2 is 2.39 bits per heavy atom. The van der Waals surface area contributed by atoms with Gasteiger partial charge in [0.1, 0.15) is 6.54 Å². The molecule has 1 aliphatic rings. The number of piperazine rings is 1. The first kappa shape index (κ1) is 12.4. The summed E-state index contributed by atoms with van der Waals surface area (Å²) in [6.45, 7) is 3.55. The van der Waals surface area contributed by atoms with Crippen molar-refractivity contribution in [3.8, 4) is 0 Å². The maximum atomic E-state index is 11.8. The first-order valence-corrected chi connectivity index (χ1v) is 5.85. The smallest absolute Gasteiger partial charge is 0.318 e. The summed E-state index contributed by atoms with van der Waals surface area (Å²) in [5.74, 6) is -0.117. The largest absolute Gasteiger partial charge is 0.353 e. The van der Waals surface area contributed by atoms with Crippen LogP contribution < -0.4 is 10.6 Å². The van der Waals surface area contributed by atoms with E-state index >= 15 is 0 Å². The van der Waals surface area contributed by atoms with Crippen LogP contribution in [0, 0.1) is 6.92 Å². The Morgan fingerprint density at radius 3 is 3.00 bits per heavy atom. The van der Waals surface area contributed by atoms with Gasteiger partial charge in [-0.1, -0.05) is 0 Å². The number of nitrogens with one attached hydrogen (secondary N) is 2. The summed E-state index contributed by atoms with van der Waals surface area (Å²) in [7, 11) is 1.86. The van der Waals surface area contributed by atoms with Crippen LogP contribution in [0.15, 0.2) is 6.20 Å². The second-order valence-electron chi connectivity index (χ2n) is 4.31. The van der Waals surface area contributed by atoms with E-state index in [0.29, 0.717) is 19.6 Å². The maximum absolute atomic E-state index is 11.8. The summed E-state index contributed by atoms with van der Waals surface area (Å²) in [6.07, 6.45) is 1.73. The molecule has 2 rings (SSSR count). The minimum Gasteiger partial charge on any atom is -0.353 e. The van der Waals surface area contributed by atoms with E-state index in [2.05, 4.69) is 15.7 Å². The van der Waals surface area contributed by atoms with Crippen molar-refractivity contribution in [3.63, 3.8) is 0 Å². The van der Waals surface area contributed by atoms with Gasteiger partial charge in [0.2, 0.25) is 5.91 Å². The van der Waals surface area contributed by atoms with Crippen LogP contribution in [-0.4, -0.2) is 46.3 Å². The van der Waals surface area contributed by atoms with Gasteiger partial charge in [-0.2, -0.15) is 5.10 Å². The number of hydrogen-bond donors (Lipinski definition) is 2. The fourth-order valence-corrected chi connectivity index (χ4v) is 1.81. The highest BCUT2D eigenvalue weighted by Gasteiger charge is 2.20. The van der Waals surface area contributed by atoms with Gasteiger partial charge >= 0.3 is 6.03 Å². The lowest BCUT2D eigenvalue weighted by Gasteiger charge is -2.26. The first-order valence-electron chi connectivity index (χ1n) is 5.85. The Morgan fingerprint density at radius 1 is 1.61 bits per heavy atom. The van der Waals surface area contributed by atoms with E-state index in [-0.39, 0.29) is 18.5 Å². The number of rotatable bonds is 2. The highest BCUT2D eigenvalue weighted by atomic mass is 16.2. The molecule has 2 heterocycles. The number of carbonyl (C=O) groups excluding carboxylic acids is 2. The number of urea groups is 1. The molecule has 1 aromatic rings. The van der Waals surface area contributed by atoms with Crippen molar-refractivity contribution in [1.82, 2.24) is 25.3 Å². The van der Waals surface area contributed by atoms with E-state index in [0.717, 1.165) is 11.3 Å². The Labute approximate surface area is 105 Å². The van der Waals surface area contributed by atoms with Gasteiger partial charge in [-0.05, 0) is 6.92 Å². The minimum atomic E-state index is -0.215. The van der Waals surface area contributed by atoms with Crippen molar-refractivity contribution in [2.24, 2.45) is 7.05 Å². The third-order valence-corrected chi connectivity index (χ3v) is 3.09. The van der Waals surface area contributed by atoms with Crippen molar-refractivity contribution >= 4 is 11.9 Å². The SMILES string of the molecule is Cc1c(CNC(=O)N2CCNC(=O)C2)cnn1C. The van der Waals surface area contributed by atoms with Crippen LogP contribution in [0.3, 0.4) is 0 Å². The van der Waals surface area contributed by atoms with Crippen molar-refractivity contribution in [1.29, 1.82) is 0 Å². The van der Waals surface area contributed by atoms with Gasteiger partial charge in [0.05, 0.1) is 6.20 Å². The third kappa shape index (κ3) is 2.61. The van der Waals surface area contributed by atoms with Crippen LogP contribution in [0.5, 0.6) is 0 Å². The molecule has 0 saturated carbocycles. The van der Waals surface area contributed by atoms with Gasteiger partial charge in [0.25, 0.3) is 0 Å². The molecule has 7 heteroatoms. The molecular formula is C11H17N5O2. The van der Waals surface area contributed by atoms with Crippen LogP contribution in [0.2, 0.25) is 0 Å². The molecule has 0 radical (unpaired) electrons. The predicted molar refractivity (Wildman–Crippen MR) is 64.8 cm³/mol. The molecule has 1 aliphatic heterocycles. The molecule has 7 nitrogen and oxygen atoms in total. The quantitative estimate of drug-likeness (QED) is 0.734. The van der Waals surface area contributed by atoms with Crippen LogP contribution in [0.25, 0.3) is 0 Å². The van der Waals surface area contributed by atoms with Crippen molar-refractivity contribution in [2.75, 3.05) is 19.6 Å². The minimum absolute atomic E-state index is 0.117. The molecule has 3 amide bonds. The molecule has 0 bridgehead atoms. The molecule has 1 saturated heterocycles. The highest BCUT2D eigenvalue weighted by Crippen LogP contribution is 2.05. The van der Waals surface area contributed by atoms with Crippen LogP contribution >= 0.6 is 0 Å². The normalized spacial score (nSPS) is 15.4. The lowest BCUT2D eigenvalue weighted by Crippen LogP contribution is -2.52. The second kappa shape index (κ2) is 5.07. The van der Waals surface area contributed by atoms with Gasteiger partial charge in [-0.25, -0.2) is 4.79 Å². The van der Waals surface area contributed by atoms with Gasteiger partial charge in [-0.3, -0.25) is 9.48 Å². The van der Waals surface area contributed by atoms with Gasteiger partial charge in [0, 0.05) is 37.9 Å². The number of amides is 3. The lowest BCUT2D eigenvalue weighted by atomic mass is 10.2. The van der Waals surface area contributed by atoms with Crippen LogP contribution in [0.4, 0.5) is 4.79 Å². The molecule has 1 fully saturated rings. The fraction of sp³-hybridized carbons (Fsp3) is 0.545. The molecule has 18 heavy (non-hydrogen) atoms. The molecule has 98 valence electrons. The zero-order valence-electron chi connectivity index (χ0n) is 10.6. The van der Waals surface area contributed by atoms with E-state index in [1.54, 1.807) is 10.9 Å². The summed E-state index contributed by atoms with van der Waals surface area (Å²) >= 11 is 0. The second-order valence-corrected chi connectivity index (χ2v) is 4.31. The number of aryl methyl sites for hydroxylation is 1. The van der Waals surface area contributed by atoms with Crippen molar-refractivity contribution in [2.45, 2.75) is 13.5 Å². The number of nitrogens with zero attached hydrogens (tertiary/aromatic N) is 3. The van der Waals surface area contributed by atoms with Crippen LogP contribution in [0.1, 0.15) is 11.3 Å². The summed E-state index contributed by atoms with van der Waals surface area (Å²) in [5.41, 5.74) is 2.00. The topological polar surface area (TPSA) is 79.3 Å². The monoisotopic (exact) mass is 251 g/mol. The maximum Gasteiger partial charge on any atom is 0.318 e. The number of carbonyl (C=O) groups is 2. The zero-order valence-corrected chi connectivity index (χ0v) is 10.6. The molecule has 0 aliphatic carbocycles. The molecule has 1 aromatic heterocycles. The standard InChI is InChI=1S/C11H17N5O2/c1-8-9(6-14-15(8)2)5-13-11(18)16-4-3-12-10(17)7-16/h6H,3-5,7H2,1-2H3,(H,12,17)(H,13,18). The summed E-state index contributed by atoms with van der Waals surface area (Å²) in [4.78, 5) is 24.5. The summed E-state index contributed by atoms with van der Waals surface area (Å²) in [5, 5.41) is 9.58. The Kier molecular flexibility index (Phi) is 3.50. The van der Waals surface area contributed by atoms with Gasteiger partial charge < -0.3 is 15.5 Å². The predicted octanol–water partition coefficient (Wildman–Crippen LogP) is -0.630. The first-order chi connectivity index (χ1) is 8.58. The number of hydrogen-bond acceptors (Lipinski definition) is 3. The van der Waals surface area contributed by atoms with E-state index in [1.165, 1.54) is 4.90 Å². The van der Waals surface area contributed by atoms with Crippen molar-refractivity contribution < 1.29 is 9.59 Å². The van der Waals surface area contributed by atoms with Gasteiger partial charge in [-0.15, -0.1) is 0 Å². The number of aromatic nitrogens is 2. The fourth-order valence-electron chi connectivity index (χ4n) is 1.81. The Bertz CT molecular complexity index is 468. The zero-order chi connectivity index (χ0) is 13.1. The average Bonchev–Trinajstić information content (AvgIpc) is 2.67. The van der Waals surface area contributed by atoms with Crippen molar-refractivity contribution in [3.05, 3.63) is 17.5 Å². The molecular weight excluding hydrogens is 234 g/mol. The van der Waals surface area contributed by atoms with Crippen LogP contribution in [-0.2, 0) is 18.4 Å². The van der Waals surface area contributed by atoms with E-state index in [4.69, 9.17) is 0 Å². The van der Waals surface area contributed by atoms with E-state index in [9.17, 15) is 9.59 Å². The van der Waals surface area contributed by atoms with E-state index in [1.807, 2.05) is 14.0 Å². The Hall–Kier alpha value is -2.05. The van der Waals surface area contributed by atoms with E-state index < -0.39 is 0 Å². The molecule has 0 atom stereocenters. The van der Waals surface area contributed by atoms with Gasteiger partial charge in [0.15, 0.2) is 0 Å².